The molecular weight excluding hydrogens is 382 g/mol. The molecule has 4 rings (SSSR count). The SMILES string of the molecule is CS(=O)(=O)c1cccc(CC2CCN(C(=O)N3CC4(COC(=O)N4)C3)CC2)c1. The van der Waals surface area contributed by atoms with E-state index in [9.17, 15) is 18.0 Å². The summed E-state index contributed by atoms with van der Waals surface area (Å²) in [7, 11) is -3.20. The van der Waals surface area contributed by atoms with Crippen LogP contribution in [0.25, 0.3) is 0 Å². The zero-order chi connectivity index (χ0) is 19.9. The number of nitrogens with zero attached hydrogens (tertiary/aromatic N) is 2. The Morgan fingerprint density at radius 2 is 1.96 bits per heavy atom. The Morgan fingerprint density at radius 1 is 1.25 bits per heavy atom. The average Bonchev–Trinajstić information content (AvgIpc) is 3.02. The van der Waals surface area contributed by atoms with Gasteiger partial charge in [-0.15, -0.1) is 0 Å². The molecule has 28 heavy (non-hydrogen) atoms. The summed E-state index contributed by atoms with van der Waals surface area (Å²) in [5.74, 6) is 0.434. The first-order chi connectivity index (χ1) is 13.2. The number of carbonyl (C=O) groups is 2. The molecule has 0 aliphatic carbocycles. The van der Waals surface area contributed by atoms with Crippen molar-refractivity contribution in [2.75, 3.05) is 39.0 Å². The van der Waals surface area contributed by atoms with E-state index in [4.69, 9.17) is 4.74 Å². The Hall–Kier alpha value is -2.29. The number of sulfone groups is 1. The van der Waals surface area contributed by atoms with E-state index in [1.807, 2.05) is 11.0 Å². The third kappa shape index (κ3) is 3.80. The number of benzene rings is 1. The highest BCUT2D eigenvalue weighted by Crippen LogP contribution is 2.29. The van der Waals surface area contributed by atoms with Gasteiger partial charge in [0.05, 0.1) is 18.0 Å². The lowest BCUT2D eigenvalue weighted by molar-refractivity contribution is 0.0473. The number of rotatable bonds is 3. The van der Waals surface area contributed by atoms with Crippen molar-refractivity contribution in [2.24, 2.45) is 5.92 Å². The summed E-state index contributed by atoms with van der Waals surface area (Å²) in [5, 5.41) is 2.79. The van der Waals surface area contributed by atoms with Gasteiger partial charge in [-0.1, -0.05) is 12.1 Å². The largest absolute Gasteiger partial charge is 0.447 e. The average molecular weight is 407 g/mol. The second kappa shape index (κ2) is 6.95. The van der Waals surface area contributed by atoms with Crippen LogP contribution in [0.2, 0.25) is 0 Å². The van der Waals surface area contributed by atoms with Gasteiger partial charge in [0, 0.05) is 19.3 Å². The van der Waals surface area contributed by atoms with E-state index in [0.717, 1.165) is 24.8 Å². The van der Waals surface area contributed by atoms with Gasteiger partial charge >= 0.3 is 12.1 Å². The Morgan fingerprint density at radius 3 is 2.57 bits per heavy atom. The number of hydrogen-bond donors (Lipinski definition) is 1. The molecule has 0 atom stereocenters. The van der Waals surface area contributed by atoms with Gasteiger partial charge in [-0.2, -0.15) is 0 Å². The van der Waals surface area contributed by atoms with Crippen LogP contribution in [0.15, 0.2) is 29.2 Å². The van der Waals surface area contributed by atoms with Gasteiger partial charge < -0.3 is 19.9 Å². The zero-order valence-corrected chi connectivity index (χ0v) is 16.7. The van der Waals surface area contributed by atoms with Gasteiger partial charge in [-0.25, -0.2) is 18.0 Å². The second-order valence-corrected chi connectivity index (χ2v) is 10.2. The molecule has 1 spiro atoms. The number of piperidine rings is 1. The molecule has 152 valence electrons. The first-order valence-corrected chi connectivity index (χ1v) is 11.4. The Balaban J connectivity index is 1.27. The van der Waals surface area contributed by atoms with E-state index in [-0.39, 0.29) is 6.03 Å². The molecule has 1 aromatic rings. The van der Waals surface area contributed by atoms with E-state index < -0.39 is 21.5 Å². The third-order valence-electron chi connectivity index (χ3n) is 5.84. The summed E-state index contributed by atoms with van der Waals surface area (Å²) >= 11 is 0. The maximum atomic E-state index is 12.7. The number of cyclic esters (lactones) is 1. The molecule has 3 saturated heterocycles. The summed E-state index contributed by atoms with van der Waals surface area (Å²) in [6.45, 7) is 2.71. The molecule has 8 nitrogen and oxygen atoms in total. The second-order valence-electron chi connectivity index (χ2n) is 8.17. The number of likely N-dealkylation sites (tertiary alicyclic amines) is 2. The van der Waals surface area contributed by atoms with Crippen LogP contribution in [0.4, 0.5) is 9.59 Å². The Kier molecular flexibility index (Phi) is 4.73. The fourth-order valence-electron chi connectivity index (χ4n) is 4.25. The lowest BCUT2D eigenvalue weighted by Crippen LogP contribution is -2.71. The van der Waals surface area contributed by atoms with Crippen molar-refractivity contribution in [2.45, 2.75) is 29.7 Å². The molecule has 3 heterocycles. The topological polar surface area (TPSA) is 96.0 Å². The highest BCUT2D eigenvalue weighted by Gasteiger charge is 2.52. The summed E-state index contributed by atoms with van der Waals surface area (Å²) in [4.78, 5) is 27.8. The molecule has 0 saturated carbocycles. The molecular formula is C19H25N3O5S. The zero-order valence-electron chi connectivity index (χ0n) is 15.9. The van der Waals surface area contributed by atoms with Gasteiger partial charge in [0.25, 0.3) is 0 Å². The normalized spacial score (nSPS) is 22.0. The fraction of sp³-hybridized carbons (Fsp3) is 0.579. The maximum Gasteiger partial charge on any atom is 0.407 e. The summed E-state index contributed by atoms with van der Waals surface area (Å²) in [6.07, 6.45) is 3.43. The minimum atomic E-state index is -3.20. The minimum Gasteiger partial charge on any atom is -0.447 e. The van der Waals surface area contributed by atoms with Gasteiger partial charge in [-0.05, 0) is 42.9 Å². The highest BCUT2D eigenvalue weighted by atomic mass is 32.2. The van der Waals surface area contributed by atoms with Crippen LogP contribution in [-0.2, 0) is 21.0 Å². The smallest absolute Gasteiger partial charge is 0.407 e. The van der Waals surface area contributed by atoms with Crippen LogP contribution in [0.1, 0.15) is 18.4 Å². The maximum absolute atomic E-state index is 12.7. The standard InChI is InChI=1S/C19H25N3O5S/c1-28(25,26)16-4-2-3-15(10-16)9-14-5-7-21(8-6-14)18(24)22-11-19(12-22)13-27-17(23)20-19/h2-4,10,14H,5-9,11-13H2,1H3,(H,20,23). The van der Waals surface area contributed by atoms with Crippen LogP contribution in [0.5, 0.6) is 0 Å². The van der Waals surface area contributed by atoms with Gasteiger partial charge in [0.2, 0.25) is 0 Å². The lowest BCUT2D eigenvalue weighted by atomic mass is 9.89. The van der Waals surface area contributed by atoms with Gasteiger partial charge in [-0.3, -0.25) is 0 Å². The third-order valence-corrected chi connectivity index (χ3v) is 6.95. The molecule has 1 aromatic carbocycles. The van der Waals surface area contributed by atoms with E-state index in [2.05, 4.69) is 5.32 Å². The van der Waals surface area contributed by atoms with Crippen molar-refractivity contribution in [1.82, 2.24) is 15.1 Å². The van der Waals surface area contributed by atoms with Crippen molar-refractivity contribution < 1.29 is 22.7 Å². The molecule has 1 N–H and O–H groups in total. The predicted octanol–water partition coefficient (Wildman–Crippen LogP) is 1.26. The summed E-state index contributed by atoms with van der Waals surface area (Å²) in [6, 6.07) is 7.14. The van der Waals surface area contributed by atoms with E-state index in [0.29, 0.717) is 43.6 Å². The van der Waals surface area contributed by atoms with Gasteiger partial charge in [0.15, 0.2) is 9.84 Å². The monoisotopic (exact) mass is 407 g/mol. The number of hydrogen-bond acceptors (Lipinski definition) is 5. The van der Waals surface area contributed by atoms with E-state index in [1.54, 1.807) is 23.1 Å². The Labute approximate surface area is 164 Å². The number of urea groups is 1. The molecule has 3 fully saturated rings. The minimum absolute atomic E-state index is 0.0179. The molecule has 9 heteroatoms. The first kappa shape index (κ1) is 19.0. The summed E-state index contributed by atoms with van der Waals surface area (Å²) in [5.41, 5.74) is 0.629. The number of amides is 3. The summed E-state index contributed by atoms with van der Waals surface area (Å²) < 4.78 is 28.4. The van der Waals surface area contributed by atoms with Gasteiger partial charge in [0.1, 0.15) is 12.1 Å². The first-order valence-electron chi connectivity index (χ1n) is 9.52. The number of alkyl carbamates (subject to hydrolysis) is 1. The van der Waals surface area contributed by atoms with Crippen molar-refractivity contribution in [3.8, 4) is 0 Å². The predicted molar refractivity (Wildman–Crippen MR) is 102 cm³/mol. The van der Waals surface area contributed by atoms with Crippen LogP contribution in [-0.4, -0.2) is 74.9 Å². The van der Waals surface area contributed by atoms with Crippen LogP contribution in [0, 0.1) is 5.92 Å². The van der Waals surface area contributed by atoms with Crippen LogP contribution >= 0.6 is 0 Å². The number of ether oxygens (including phenoxy) is 1. The van der Waals surface area contributed by atoms with Crippen molar-refractivity contribution in [3.05, 3.63) is 29.8 Å². The molecule has 3 aliphatic heterocycles. The van der Waals surface area contributed by atoms with Crippen LogP contribution < -0.4 is 5.32 Å². The number of carbonyl (C=O) groups excluding carboxylic acids is 2. The molecule has 3 aliphatic rings. The highest BCUT2D eigenvalue weighted by molar-refractivity contribution is 7.90. The van der Waals surface area contributed by atoms with Crippen LogP contribution in [0.3, 0.4) is 0 Å². The molecule has 3 amide bonds. The molecule has 0 bridgehead atoms. The van der Waals surface area contributed by atoms with Crippen molar-refractivity contribution in [3.63, 3.8) is 0 Å². The number of nitrogens with one attached hydrogen (secondary N) is 1. The fourth-order valence-corrected chi connectivity index (χ4v) is 4.94. The van der Waals surface area contributed by atoms with Crippen molar-refractivity contribution in [1.29, 1.82) is 0 Å². The molecule has 0 unspecified atom stereocenters. The Bertz CT molecular complexity index is 887. The van der Waals surface area contributed by atoms with Crippen molar-refractivity contribution >= 4 is 22.0 Å². The lowest BCUT2D eigenvalue weighted by Gasteiger charge is -2.48. The molecule has 0 aromatic heterocycles. The van der Waals surface area contributed by atoms with E-state index in [1.165, 1.54) is 6.26 Å². The molecule has 0 radical (unpaired) electrons. The van der Waals surface area contributed by atoms with E-state index >= 15 is 0 Å². The quantitative estimate of drug-likeness (QED) is 0.814.